The van der Waals surface area contributed by atoms with Crippen molar-refractivity contribution in [2.24, 2.45) is 5.92 Å². The standard InChI is InChI=1S/C17H22N2O/c1-3-4-14-10-17(20)19(11-14)12-18-8-7-15-9-13(2)5-6-16(15)18/h5-9,14H,3-4,10-12H2,1-2H3. The van der Waals surface area contributed by atoms with Gasteiger partial charge in [-0.25, -0.2) is 0 Å². The minimum Gasteiger partial charge on any atom is -0.329 e. The monoisotopic (exact) mass is 270 g/mol. The molecule has 2 aromatic rings. The molecule has 3 rings (SSSR count). The zero-order chi connectivity index (χ0) is 14.1. The Labute approximate surface area is 120 Å². The van der Waals surface area contributed by atoms with Crippen LogP contribution in [0.2, 0.25) is 0 Å². The molecule has 0 bridgehead atoms. The van der Waals surface area contributed by atoms with E-state index in [1.807, 2.05) is 4.90 Å². The van der Waals surface area contributed by atoms with Gasteiger partial charge in [-0.15, -0.1) is 0 Å². The molecule has 0 radical (unpaired) electrons. The second-order valence-electron chi connectivity index (χ2n) is 5.96. The highest BCUT2D eigenvalue weighted by atomic mass is 16.2. The molecule has 0 saturated carbocycles. The van der Waals surface area contributed by atoms with E-state index in [2.05, 4.69) is 48.9 Å². The van der Waals surface area contributed by atoms with Crippen LogP contribution in [0.3, 0.4) is 0 Å². The zero-order valence-electron chi connectivity index (χ0n) is 12.3. The zero-order valence-corrected chi connectivity index (χ0v) is 12.3. The third kappa shape index (κ3) is 2.45. The number of hydrogen-bond acceptors (Lipinski definition) is 1. The predicted molar refractivity (Wildman–Crippen MR) is 81.4 cm³/mol. The third-order valence-electron chi connectivity index (χ3n) is 4.24. The number of aryl methyl sites for hydroxylation is 1. The van der Waals surface area contributed by atoms with Gasteiger partial charge in [-0.2, -0.15) is 0 Å². The predicted octanol–water partition coefficient (Wildman–Crippen LogP) is 3.56. The largest absolute Gasteiger partial charge is 0.329 e. The van der Waals surface area contributed by atoms with Crippen molar-refractivity contribution >= 4 is 16.8 Å². The van der Waals surface area contributed by atoms with Crippen molar-refractivity contribution in [3.8, 4) is 0 Å². The van der Waals surface area contributed by atoms with Crippen LogP contribution < -0.4 is 0 Å². The van der Waals surface area contributed by atoms with E-state index in [4.69, 9.17) is 0 Å². The lowest BCUT2D eigenvalue weighted by molar-refractivity contribution is -0.129. The number of amides is 1. The minimum absolute atomic E-state index is 0.303. The Kier molecular flexibility index (Phi) is 3.51. The highest BCUT2D eigenvalue weighted by molar-refractivity contribution is 5.81. The van der Waals surface area contributed by atoms with Crippen molar-refractivity contribution in [1.29, 1.82) is 0 Å². The highest BCUT2D eigenvalue weighted by Gasteiger charge is 2.28. The van der Waals surface area contributed by atoms with E-state index in [1.54, 1.807) is 0 Å². The number of carbonyl (C=O) groups is 1. The molecule has 3 heteroatoms. The number of benzene rings is 1. The van der Waals surface area contributed by atoms with Crippen molar-refractivity contribution < 1.29 is 4.79 Å². The van der Waals surface area contributed by atoms with Crippen LogP contribution in [0.1, 0.15) is 31.7 Å². The van der Waals surface area contributed by atoms with Crippen LogP contribution >= 0.6 is 0 Å². The second-order valence-corrected chi connectivity index (χ2v) is 5.96. The molecule has 0 spiro atoms. The fraction of sp³-hybridized carbons (Fsp3) is 0.471. The van der Waals surface area contributed by atoms with Gasteiger partial charge in [0.2, 0.25) is 5.91 Å². The molecular formula is C17H22N2O. The van der Waals surface area contributed by atoms with Crippen LogP contribution in [-0.2, 0) is 11.5 Å². The molecule has 1 unspecified atom stereocenters. The molecule has 0 aliphatic carbocycles. The van der Waals surface area contributed by atoms with Crippen LogP contribution in [0, 0.1) is 12.8 Å². The smallest absolute Gasteiger partial charge is 0.224 e. The summed E-state index contributed by atoms with van der Waals surface area (Å²) in [6.07, 6.45) is 5.14. The number of likely N-dealkylation sites (tertiary alicyclic amines) is 1. The van der Waals surface area contributed by atoms with E-state index in [0.29, 0.717) is 18.5 Å². The summed E-state index contributed by atoms with van der Waals surface area (Å²) in [4.78, 5) is 14.1. The van der Waals surface area contributed by atoms with E-state index in [0.717, 1.165) is 25.8 Å². The summed E-state index contributed by atoms with van der Waals surface area (Å²) in [5, 5.41) is 1.25. The summed E-state index contributed by atoms with van der Waals surface area (Å²) in [6.45, 7) is 5.90. The van der Waals surface area contributed by atoms with Crippen molar-refractivity contribution in [3.63, 3.8) is 0 Å². The van der Waals surface area contributed by atoms with E-state index < -0.39 is 0 Å². The van der Waals surface area contributed by atoms with Crippen LogP contribution in [0.25, 0.3) is 10.9 Å². The minimum atomic E-state index is 0.303. The highest BCUT2D eigenvalue weighted by Crippen LogP contribution is 2.24. The molecule has 1 amide bonds. The van der Waals surface area contributed by atoms with E-state index >= 15 is 0 Å². The molecule has 20 heavy (non-hydrogen) atoms. The number of carbonyl (C=O) groups excluding carboxylic acids is 1. The molecule has 1 atom stereocenters. The summed E-state index contributed by atoms with van der Waals surface area (Å²) in [5.74, 6) is 0.856. The Morgan fingerprint density at radius 2 is 2.15 bits per heavy atom. The molecule has 1 aromatic heterocycles. The van der Waals surface area contributed by atoms with E-state index in [-0.39, 0.29) is 0 Å². The van der Waals surface area contributed by atoms with Gasteiger partial charge >= 0.3 is 0 Å². The third-order valence-corrected chi connectivity index (χ3v) is 4.24. The lowest BCUT2D eigenvalue weighted by Gasteiger charge is -2.18. The topological polar surface area (TPSA) is 25.2 Å². The fourth-order valence-electron chi connectivity index (χ4n) is 3.22. The maximum absolute atomic E-state index is 12.1. The summed E-state index contributed by atoms with van der Waals surface area (Å²) in [6, 6.07) is 8.60. The first-order valence-electron chi connectivity index (χ1n) is 7.50. The van der Waals surface area contributed by atoms with Crippen molar-refractivity contribution in [2.45, 2.75) is 39.8 Å². The van der Waals surface area contributed by atoms with Crippen LogP contribution in [0.15, 0.2) is 30.5 Å². The van der Waals surface area contributed by atoms with Gasteiger partial charge in [0.1, 0.15) is 0 Å². The summed E-state index contributed by atoms with van der Waals surface area (Å²) >= 11 is 0. The SMILES string of the molecule is CCCC1CC(=O)N(Cn2ccc3cc(C)ccc32)C1. The van der Waals surface area contributed by atoms with Crippen LogP contribution in [-0.4, -0.2) is 21.9 Å². The lowest BCUT2D eigenvalue weighted by atomic mass is 10.0. The molecular weight excluding hydrogens is 248 g/mol. The van der Waals surface area contributed by atoms with Gasteiger partial charge in [0, 0.05) is 24.7 Å². The number of nitrogens with zero attached hydrogens (tertiary/aromatic N) is 2. The number of rotatable bonds is 4. The van der Waals surface area contributed by atoms with Crippen LogP contribution in [0.4, 0.5) is 0 Å². The number of fused-ring (bicyclic) bond motifs is 1. The van der Waals surface area contributed by atoms with Crippen molar-refractivity contribution in [3.05, 3.63) is 36.0 Å². The molecule has 3 nitrogen and oxygen atoms in total. The molecule has 1 aliphatic rings. The van der Waals surface area contributed by atoms with Gasteiger partial charge in [0.25, 0.3) is 0 Å². The van der Waals surface area contributed by atoms with Crippen molar-refractivity contribution in [2.75, 3.05) is 6.54 Å². The second kappa shape index (κ2) is 5.31. The Bertz CT molecular complexity index is 629. The fourth-order valence-corrected chi connectivity index (χ4v) is 3.22. The first-order valence-corrected chi connectivity index (χ1v) is 7.50. The normalized spacial score (nSPS) is 19.2. The Hall–Kier alpha value is -1.77. The molecule has 1 aromatic carbocycles. The molecule has 1 aliphatic heterocycles. The van der Waals surface area contributed by atoms with Crippen molar-refractivity contribution in [1.82, 2.24) is 9.47 Å². The first-order chi connectivity index (χ1) is 9.67. The maximum atomic E-state index is 12.1. The molecule has 2 heterocycles. The van der Waals surface area contributed by atoms with Gasteiger partial charge in [0.15, 0.2) is 0 Å². The summed E-state index contributed by atoms with van der Waals surface area (Å²) in [7, 11) is 0. The van der Waals surface area contributed by atoms with E-state index in [1.165, 1.54) is 16.5 Å². The average Bonchev–Trinajstić information content (AvgIpc) is 2.95. The lowest BCUT2D eigenvalue weighted by Crippen LogP contribution is -2.27. The Morgan fingerprint density at radius 1 is 1.30 bits per heavy atom. The average molecular weight is 270 g/mol. The number of hydrogen-bond donors (Lipinski definition) is 0. The van der Waals surface area contributed by atoms with Gasteiger partial charge < -0.3 is 9.47 Å². The maximum Gasteiger partial charge on any atom is 0.224 e. The number of aromatic nitrogens is 1. The van der Waals surface area contributed by atoms with Gasteiger partial charge in [0.05, 0.1) is 6.67 Å². The Balaban J connectivity index is 1.78. The molecule has 1 fully saturated rings. The van der Waals surface area contributed by atoms with Gasteiger partial charge in [-0.05, 0) is 42.8 Å². The Morgan fingerprint density at radius 3 is 2.95 bits per heavy atom. The molecule has 1 saturated heterocycles. The van der Waals surface area contributed by atoms with E-state index in [9.17, 15) is 4.79 Å². The summed E-state index contributed by atoms with van der Waals surface area (Å²) in [5.41, 5.74) is 2.48. The quantitative estimate of drug-likeness (QED) is 0.834. The van der Waals surface area contributed by atoms with Crippen LogP contribution in [0.5, 0.6) is 0 Å². The molecule has 0 N–H and O–H groups in total. The summed E-state index contributed by atoms with van der Waals surface area (Å²) < 4.78 is 2.18. The van der Waals surface area contributed by atoms with Gasteiger partial charge in [-0.3, -0.25) is 4.79 Å². The first kappa shape index (κ1) is 13.2. The van der Waals surface area contributed by atoms with Gasteiger partial charge in [-0.1, -0.05) is 25.0 Å². The molecule has 106 valence electrons.